The number of anilines is 3. The van der Waals surface area contributed by atoms with Gasteiger partial charge in [-0.05, 0) is 30.6 Å². The first-order valence-electron chi connectivity index (χ1n) is 12.9. The van der Waals surface area contributed by atoms with E-state index in [0.717, 1.165) is 16.9 Å². The summed E-state index contributed by atoms with van der Waals surface area (Å²) in [6.45, 7) is 6.94. The van der Waals surface area contributed by atoms with Crippen molar-refractivity contribution in [3.8, 4) is 5.69 Å². The van der Waals surface area contributed by atoms with Crippen molar-refractivity contribution in [3.63, 3.8) is 0 Å². The Kier molecular flexibility index (Phi) is 6.49. The molecule has 0 N–H and O–H groups in total. The van der Waals surface area contributed by atoms with Crippen LogP contribution in [0.5, 0.6) is 0 Å². The van der Waals surface area contributed by atoms with Crippen molar-refractivity contribution < 1.29 is 21.1 Å². The zero-order valence-electron chi connectivity index (χ0n) is 22.1. The van der Waals surface area contributed by atoms with Crippen molar-refractivity contribution in [2.45, 2.75) is 13.1 Å². The van der Waals surface area contributed by atoms with Crippen LogP contribution < -0.4 is 20.2 Å². The van der Waals surface area contributed by atoms with Crippen molar-refractivity contribution in [3.05, 3.63) is 128 Å². The van der Waals surface area contributed by atoms with Crippen LogP contribution in [0.25, 0.3) is 27.5 Å². The van der Waals surface area contributed by atoms with Gasteiger partial charge in [0.2, 0.25) is 0 Å². The molecule has 6 aromatic rings. The molecule has 7 rings (SSSR count). The van der Waals surface area contributed by atoms with Gasteiger partial charge in [0, 0.05) is 16.9 Å². The number of rotatable bonds is 4. The predicted octanol–water partition coefficient (Wildman–Crippen LogP) is 6.71. The van der Waals surface area contributed by atoms with E-state index in [1.54, 1.807) is 0 Å². The molecule has 1 aromatic heterocycles. The van der Waals surface area contributed by atoms with E-state index in [2.05, 4.69) is 150 Å². The Bertz CT molecular complexity index is 1810. The van der Waals surface area contributed by atoms with E-state index in [1.165, 1.54) is 38.0 Å². The number of aromatic nitrogens is 1. The largest absolute Gasteiger partial charge is 4.00 e. The van der Waals surface area contributed by atoms with Crippen LogP contribution in [-0.2, 0) is 21.1 Å². The Morgan fingerprint density at radius 2 is 1.38 bits per heavy atom. The predicted molar refractivity (Wildman–Crippen MR) is 162 cm³/mol. The first-order chi connectivity index (χ1) is 18.5. The Hall–Kier alpha value is -3.59. The van der Waals surface area contributed by atoms with Gasteiger partial charge in [-0.3, -0.25) is 0 Å². The van der Waals surface area contributed by atoms with Crippen LogP contribution in [0.4, 0.5) is 17.1 Å². The third-order valence-electron chi connectivity index (χ3n) is 7.71. The Morgan fingerprint density at radius 1 is 0.667 bits per heavy atom. The van der Waals surface area contributed by atoms with Gasteiger partial charge < -0.3 is 14.4 Å². The van der Waals surface area contributed by atoms with Crippen molar-refractivity contribution >= 4 is 57.3 Å². The van der Waals surface area contributed by atoms with E-state index < -0.39 is 8.07 Å². The van der Waals surface area contributed by atoms with Crippen LogP contribution in [0.1, 0.15) is 0 Å². The van der Waals surface area contributed by atoms with Crippen molar-refractivity contribution in [2.75, 3.05) is 16.8 Å². The summed E-state index contributed by atoms with van der Waals surface area (Å²) >= 11 is 0. The zero-order valence-corrected chi connectivity index (χ0v) is 25.3. The number of nitrogens with zero attached hydrogens (tertiary/aromatic N) is 3. The quantitative estimate of drug-likeness (QED) is 0.150. The number of benzene rings is 5. The van der Waals surface area contributed by atoms with Gasteiger partial charge in [-0.25, -0.2) is 0 Å². The molecule has 1 aliphatic rings. The molecule has 0 radical (unpaired) electrons. The summed E-state index contributed by atoms with van der Waals surface area (Å²) in [6.07, 6.45) is 0. The van der Waals surface area contributed by atoms with Gasteiger partial charge in [-0.15, -0.1) is 17.1 Å². The monoisotopic (exact) mass is 700 g/mol. The smallest absolute Gasteiger partial charge is 0.504 e. The minimum absolute atomic E-state index is 0. The fourth-order valence-electron chi connectivity index (χ4n) is 5.59. The van der Waals surface area contributed by atoms with Gasteiger partial charge in [0.15, 0.2) is 0 Å². The number of hydrogen-bond donors (Lipinski definition) is 0. The van der Waals surface area contributed by atoms with Crippen molar-refractivity contribution in [1.29, 1.82) is 0 Å². The molecule has 2 heterocycles. The molecular formula is C34H27N3PtSi. The van der Waals surface area contributed by atoms with Gasteiger partial charge in [-0.1, -0.05) is 54.6 Å². The summed E-state index contributed by atoms with van der Waals surface area (Å²) in [6, 6.07) is 47.5. The van der Waals surface area contributed by atoms with Crippen molar-refractivity contribution in [2.24, 2.45) is 0 Å². The molecule has 3 nitrogen and oxygen atoms in total. The molecule has 0 spiro atoms. The molecule has 39 heavy (non-hydrogen) atoms. The summed E-state index contributed by atoms with van der Waals surface area (Å²) in [7, 11) is -0.0332. The Labute approximate surface area is 245 Å². The topological polar surface area (TPSA) is 11.4 Å². The van der Waals surface area contributed by atoms with E-state index >= 15 is 0 Å². The molecule has 0 amide bonds. The van der Waals surface area contributed by atoms with Gasteiger partial charge in [0.1, 0.15) is 0 Å². The molecule has 5 heteroatoms. The van der Waals surface area contributed by atoms with Crippen LogP contribution in [0.3, 0.4) is 0 Å². The second-order valence-corrected chi connectivity index (χ2v) is 14.7. The number of fused-ring (bicyclic) bond motifs is 4. The van der Waals surface area contributed by atoms with E-state index in [4.69, 9.17) is 0 Å². The van der Waals surface area contributed by atoms with E-state index in [-0.39, 0.29) is 21.1 Å². The molecule has 0 aliphatic carbocycles. The van der Waals surface area contributed by atoms with Crippen LogP contribution >= 0.6 is 0 Å². The fourth-order valence-corrected chi connectivity index (χ4v) is 7.77. The minimum atomic E-state index is -2.13. The molecule has 1 aliphatic heterocycles. The maximum absolute atomic E-state index is 3.89. The Morgan fingerprint density at radius 3 is 2.21 bits per heavy atom. The average molecular weight is 701 g/mol. The summed E-state index contributed by atoms with van der Waals surface area (Å²) < 4.78 is 2.30. The first kappa shape index (κ1) is 25.7. The van der Waals surface area contributed by atoms with E-state index in [0.29, 0.717) is 0 Å². The second kappa shape index (κ2) is 9.86. The fraction of sp³-hybridized carbons (Fsp3) is 0.0882. The van der Waals surface area contributed by atoms with E-state index in [1.807, 2.05) is 12.1 Å². The van der Waals surface area contributed by atoms with Crippen LogP contribution in [0.15, 0.2) is 103 Å². The third-order valence-corrected chi connectivity index (χ3v) is 11.0. The van der Waals surface area contributed by atoms with Gasteiger partial charge >= 0.3 is 21.1 Å². The maximum atomic E-state index is 3.89. The van der Waals surface area contributed by atoms with Crippen LogP contribution in [0, 0.1) is 24.9 Å². The summed E-state index contributed by atoms with van der Waals surface area (Å²) in [5, 5.41) is 4.99. The first-order valence-corrected chi connectivity index (χ1v) is 15.9. The van der Waals surface area contributed by atoms with Crippen LogP contribution in [-0.4, -0.2) is 19.7 Å². The molecule has 0 unspecified atom stereocenters. The molecule has 0 fully saturated rings. The molecule has 0 atom stereocenters. The molecule has 0 bridgehead atoms. The molecule has 0 saturated carbocycles. The standard InChI is InChI=1S/C34H27N3Si.Pt/c1-35-24-36(33-19-10-9-18-32(33)35)26-14-11-15-27(22-26)38(2,3)28-20-21-30-29-16-7-8-17-31(29)37(34(30)23-28)25-12-5-4-6-13-25;/h4-12,14-21,24H,1-3H3;/q-4;+4. The van der Waals surface area contributed by atoms with Crippen molar-refractivity contribution in [1.82, 2.24) is 4.57 Å². The molecule has 0 saturated heterocycles. The minimum Gasteiger partial charge on any atom is -0.504 e. The molecule has 192 valence electrons. The summed E-state index contributed by atoms with van der Waals surface area (Å²) in [4.78, 5) is 4.40. The normalized spacial score (nSPS) is 13.1. The van der Waals surface area contributed by atoms with Gasteiger partial charge in [0.25, 0.3) is 0 Å². The van der Waals surface area contributed by atoms with E-state index in [9.17, 15) is 0 Å². The number of para-hydroxylation sites is 4. The SMILES string of the molecule is CN1[CH-]N(c2[c-]c([Si](C)(C)c3[c-]c4c(cc3)c3ccccc3n4-c3[c-]cccc3)ccc2)c2ccccc21.[Pt+4]. The summed E-state index contributed by atoms with van der Waals surface area (Å²) in [5.74, 6) is 0. The summed E-state index contributed by atoms with van der Waals surface area (Å²) in [5.41, 5.74) is 6.76. The van der Waals surface area contributed by atoms with Crippen LogP contribution in [0.2, 0.25) is 13.1 Å². The molecule has 5 aromatic carbocycles. The second-order valence-electron chi connectivity index (χ2n) is 10.4. The molecular weight excluding hydrogens is 674 g/mol. The maximum Gasteiger partial charge on any atom is 4.00 e. The number of hydrogen-bond acceptors (Lipinski definition) is 2. The Balaban J connectivity index is 0.00000277. The van der Waals surface area contributed by atoms with Gasteiger partial charge in [0.05, 0.1) is 8.07 Å². The zero-order chi connectivity index (χ0) is 25.9. The average Bonchev–Trinajstić information content (AvgIpc) is 3.48. The third kappa shape index (κ3) is 4.14. The van der Waals surface area contributed by atoms with Gasteiger partial charge in [-0.2, -0.15) is 83.8 Å².